The van der Waals surface area contributed by atoms with E-state index < -0.39 is 12.4 Å². The second-order valence-electron chi connectivity index (χ2n) is 5.43. The first-order chi connectivity index (χ1) is 10.4. The van der Waals surface area contributed by atoms with Gasteiger partial charge in [0.2, 0.25) is 6.29 Å². The van der Waals surface area contributed by atoms with E-state index in [0.29, 0.717) is 23.5 Å². The van der Waals surface area contributed by atoms with E-state index in [1.165, 1.54) is 19.1 Å². The van der Waals surface area contributed by atoms with Gasteiger partial charge in [-0.2, -0.15) is 12.6 Å². The highest BCUT2D eigenvalue weighted by Gasteiger charge is 2.29. The van der Waals surface area contributed by atoms with Crippen molar-refractivity contribution >= 4 is 46.3 Å². The van der Waals surface area contributed by atoms with Crippen LogP contribution in [0.2, 0.25) is 0 Å². The first-order valence-electron chi connectivity index (χ1n) is 7.51. The van der Waals surface area contributed by atoms with Gasteiger partial charge in [0.25, 0.3) is 0 Å². The Balaban J connectivity index is 2.08. The molecule has 5 nitrogen and oxygen atoms in total. The Morgan fingerprint density at radius 3 is 2.77 bits per heavy atom. The van der Waals surface area contributed by atoms with Gasteiger partial charge in [-0.1, -0.05) is 28.0 Å². The molecule has 0 aromatic carbocycles. The first-order valence-corrected chi connectivity index (χ1v) is 10.5. The van der Waals surface area contributed by atoms with Crippen LogP contribution in [0.4, 0.5) is 4.79 Å². The van der Waals surface area contributed by atoms with Gasteiger partial charge >= 0.3 is 12.1 Å². The summed E-state index contributed by atoms with van der Waals surface area (Å²) < 4.78 is 10.3. The molecule has 1 heterocycles. The number of rotatable bonds is 9. The second-order valence-corrected chi connectivity index (χ2v) is 8.88. The fraction of sp³-hybridized carbons (Fsp3) is 0.857. The third-order valence-electron chi connectivity index (χ3n) is 3.26. The predicted molar refractivity (Wildman–Crippen MR) is 95.4 cm³/mol. The van der Waals surface area contributed by atoms with Crippen LogP contribution in [0.5, 0.6) is 0 Å². The number of unbranched alkanes of at least 4 members (excludes halogenated alkanes) is 1. The average molecular weight is 368 g/mol. The molecule has 1 aliphatic rings. The fourth-order valence-electron chi connectivity index (χ4n) is 2.04. The van der Waals surface area contributed by atoms with Crippen LogP contribution in [0.1, 0.15) is 46.0 Å². The number of alkyl carbamates (subject to hydrolysis) is 1. The molecule has 1 fully saturated rings. The van der Waals surface area contributed by atoms with Crippen LogP contribution in [0.25, 0.3) is 0 Å². The maximum absolute atomic E-state index is 11.7. The topological polar surface area (TPSA) is 64.6 Å². The molecule has 0 saturated carbocycles. The van der Waals surface area contributed by atoms with Crippen molar-refractivity contribution in [1.29, 1.82) is 0 Å². The van der Waals surface area contributed by atoms with E-state index >= 15 is 0 Å². The molecule has 0 radical (unpaired) electrons. The molecular weight excluding hydrogens is 342 g/mol. The minimum absolute atomic E-state index is 0.326. The summed E-state index contributed by atoms with van der Waals surface area (Å²) in [4.78, 5) is 22.9. The van der Waals surface area contributed by atoms with Gasteiger partial charge in [-0.05, 0) is 26.2 Å². The molecule has 8 heteroatoms. The molecular formula is C14H25NO4S3. The number of ether oxygens (including phenoxy) is 2. The molecule has 1 amide bonds. The number of hydrogen-bond acceptors (Lipinski definition) is 7. The van der Waals surface area contributed by atoms with Crippen LogP contribution in [-0.4, -0.2) is 41.2 Å². The molecule has 1 rings (SSSR count). The van der Waals surface area contributed by atoms with Crippen molar-refractivity contribution in [3.63, 3.8) is 0 Å². The molecule has 1 unspecified atom stereocenters. The normalized spacial score (nSPS) is 22.1. The Bertz CT molecular complexity index is 362. The van der Waals surface area contributed by atoms with Crippen LogP contribution >= 0.6 is 34.2 Å². The lowest BCUT2D eigenvalue weighted by Gasteiger charge is -2.20. The summed E-state index contributed by atoms with van der Waals surface area (Å²) in [7, 11) is 3.89. The number of nitrogens with one attached hydrogen (secondary N) is 1. The van der Waals surface area contributed by atoms with Gasteiger partial charge in [0, 0.05) is 36.1 Å². The Hall–Kier alpha value is -0.210. The van der Waals surface area contributed by atoms with Crippen molar-refractivity contribution in [2.75, 3.05) is 18.1 Å². The number of carbonyl (C=O) groups excluding carboxylic acids is 2. The summed E-state index contributed by atoms with van der Waals surface area (Å²) in [6, 6.07) is 0. The molecule has 0 bridgehead atoms. The fourth-order valence-corrected chi connectivity index (χ4v) is 5.45. The Morgan fingerprint density at radius 1 is 1.36 bits per heavy atom. The summed E-state index contributed by atoms with van der Waals surface area (Å²) >= 11 is 3.97. The van der Waals surface area contributed by atoms with E-state index in [1.807, 2.05) is 21.6 Å². The van der Waals surface area contributed by atoms with Crippen molar-refractivity contribution in [3.8, 4) is 0 Å². The van der Waals surface area contributed by atoms with Gasteiger partial charge in [0.05, 0.1) is 0 Å². The quantitative estimate of drug-likeness (QED) is 0.213. The highest BCUT2D eigenvalue weighted by molar-refractivity contribution is 8.77. The molecule has 128 valence electrons. The Labute approximate surface area is 145 Å². The van der Waals surface area contributed by atoms with Gasteiger partial charge < -0.3 is 14.8 Å². The third-order valence-corrected chi connectivity index (χ3v) is 6.85. The lowest BCUT2D eigenvalue weighted by molar-refractivity contribution is -0.164. The van der Waals surface area contributed by atoms with Gasteiger partial charge in [-0.15, -0.1) is 0 Å². The molecule has 0 aromatic heterocycles. The first kappa shape index (κ1) is 19.8. The highest BCUT2D eigenvalue weighted by Crippen LogP contribution is 2.49. The van der Waals surface area contributed by atoms with Gasteiger partial charge in [-0.3, -0.25) is 4.79 Å². The largest absolute Gasteiger partial charge is 0.425 e. The summed E-state index contributed by atoms with van der Waals surface area (Å²) in [5, 5.41) is 2.49. The number of thiol groups is 1. The lowest BCUT2D eigenvalue weighted by atomic mass is 9.99. The van der Waals surface area contributed by atoms with Crippen molar-refractivity contribution in [2.24, 2.45) is 0 Å². The monoisotopic (exact) mass is 367 g/mol. The molecule has 1 aliphatic heterocycles. The minimum Gasteiger partial charge on any atom is -0.425 e. The Kier molecular flexibility index (Phi) is 9.51. The molecule has 2 atom stereocenters. The van der Waals surface area contributed by atoms with Gasteiger partial charge in [-0.25, -0.2) is 4.79 Å². The number of esters is 1. The van der Waals surface area contributed by atoms with E-state index in [0.717, 1.165) is 19.3 Å². The van der Waals surface area contributed by atoms with Crippen molar-refractivity contribution in [2.45, 2.75) is 57.0 Å². The minimum atomic E-state index is -0.869. The van der Waals surface area contributed by atoms with Gasteiger partial charge in [0.1, 0.15) is 0 Å². The standard InChI is InChI=1S/C14H25NO4S3/c1-11(19-13(17)15-8-9-20)18-12(16)5-3-4-6-14(2)7-10-21-22-14/h11,20H,3-10H2,1-2H3,(H,15,17)/t11?,14-/m1/s1. The van der Waals surface area contributed by atoms with Crippen LogP contribution in [0.3, 0.4) is 0 Å². The van der Waals surface area contributed by atoms with Crippen molar-refractivity contribution < 1.29 is 19.1 Å². The van der Waals surface area contributed by atoms with E-state index in [-0.39, 0.29) is 5.97 Å². The predicted octanol–water partition coefficient (Wildman–Crippen LogP) is 3.64. The molecule has 1 N–H and O–H groups in total. The smallest absolute Gasteiger partial charge is 0.410 e. The summed E-state index contributed by atoms with van der Waals surface area (Å²) in [5.74, 6) is 1.42. The molecule has 0 aromatic rings. The van der Waals surface area contributed by atoms with Gasteiger partial charge in [0.15, 0.2) is 0 Å². The van der Waals surface area contributed by atoms with E-state index in [4.69, 9.17) is 9.47 Å². The third kappa shape index (κ3) is 8.43. The molecule has 0 aliphatic carbocycles. The summed E-state index contributed by atoms with van der Waals surface area (Å²) in [5.41, 5.74) is 0. The molecule has 1 saturated heterocycles. The lowest BCUT2D eigenvalue weighted by Crippen LogP contribution is -2.31. The molecule has 22 heavy (non-hydrogen) atoms. The average Bonchev–Trinajstić information content (AvgIpc) is 2.88. The van der Waals surface area contributed by atoms with E-state index in [1.54, 1.807) is 0 Å². The zero-order valence-corrected chi connectivity index (χ0v) is 15.7. The summed E-state index contributed by atoms with van der Waals surface area (Å²) in [6.07, 6.45) is 3.06. The second kappa shape index (κ2) is 10.5. The zero-order valence-electron chi connectivity index (χ0n) is 13.1. The van der Waals surface area contributed by atoms with Crippen LogP contribution in [0, 0.1) is 0 Å². The SMILES string of the molecule is CC(OC(=O)CCCC[C@]1(C)CCSS1)OC(=O)NCCS. The van der Waals surface area contributed by atoms with Crippen LogP contribution < -0.4 is 5.32 Å². The van der Waals surface area contributed by atoms with Crippen LogP contribution in [0.15, 0.2) is 0 Å². The van der Waals surface area contributed by atoms with Crippen LogP contribution in [-0.2, 0) is 14.3 Å². The molecule has 0 spiro atoms. The number of carbonyl (C=O) groups is 2. The highest BCUT2D eigenvalue weighted by atomic mass is 33.1. The number of amides is 1. The maximum Gasteiger partial charge on any atom is 0.410 e. The van der Waals surface area contributed by atoms with Crippen molar-refractivity contribution in [1.82, 2.24) is 5.32 Å². The van der Waals surface area contributed by atoms with E-state index in [9.17, 15) is 9.59 Å². The van der Waals surface area contributed by atoms with Crippen molar-refractivity contribution in [3.05, 3.63) is 0 Å². The zero-order chi connectivity index (χ0) is 16.4. The maximum atomic E-state index is 11.7. The van der Waals surface area contributed by atoms with E-state index in [2.05, 4.69) is 24.9 Å². The Morgan fingerprint density at radius 2 is 2.14 bits per heavy atom. The summed E-state index contributed by atoms with van der Waals surface area (Å²) in [6.45, 7) is 4.23. The number of hydrogen-bond donors (Lipinski definition) is 2.